The summed E-state index contributed by atoms with van der Waals surface area (Å²) in [6.07, 6.45) is 2.42. The molecule has 1 aromatic carbocycles. The summed E-state index contributed by atoms with van der Waals surface area (Å²) in [6.45, 7) is 1.97. The molecule has 0 aliphatic carbocycles. The molecule has 6 nitrogen and oxygen atoms in total. The summed E-state index contributed by atoms with van der Waals surface area (Å²) in [5.74, 6) is 0.694. The van der Waals surface area contributed by atoms with Crippen molar-refractivity contribution in [2.45, 2.75) is 19.4 Å². The summed E-state index contributed by atoms with van der Waals surface area (Å²) in [6, 6.07) is 6.26. The van der Waals surface area contributed by atoms with Gasteiger partial charge in [-0.25, -0.2) is 4.98 Å². The zero-order valence-electron chi connectivity index (χ0n) is 9.96. The second-order valence-electron chi connectivity index (χ2n) is 4.00. The SMILES string of the molecule is CCC(N)c1ncc(-c2cccc([N+](=O)[O-])c2)[nH]1. The molecule has 2 aromatic rings. The summed E-state index contributed by atoms with van der Waals surface area (Å²) in [7, 11) is 0. The molecule has 0 aliphatic rings. The predicted octanol–water partition coefficient (Wildman–Crippen LogP) is 2.39. The van der Waals surface area contributed by atoms with Gasteiger partial charge in [-0.05, 0) is 6.42 Å². The Morgan fingerprint density at radius 2 is 2.33 bits per heavy atom. The second-order valence-corrected chi connectivity index (χ2v) is 4.00. The number of imidazole rings is 1. The summed E-state index contributed by atoms with van der Waals surface area (Å²) < 4.78 is 0. The fraction of sp³-hybridized carbons (Fsp3) is 0.250. The average molecular weight is 246 g/mol. The van der Waals surface area contributed by atoms with Gasteiger partial charge in [0.2, 0.25) is 0 Å². The largest absolute Gasteiger partial charge is 0.341 e. The van der Waals surface area contributed by atoms with Crippen molar-refractivity contribution in [3.8, 4) is 11.3 Å². The second kappa shape index (κ2) is 4.97. The van der Waals surface area contributed by atoms with Gasteiger partial charge in [0.25, 0.3) is 5.69 Å². The molecule has 18 heavy (non-hydrogen) atoms. The van der Waals surface area contributed by atoms with Crippen molar-refractivity contribution in [3.05, 3.63) is 46.4 Å². The van der Waals surface area contributed by atoms with Gasteiger partial charge in [0.1, 0.15) is 5.82 Å². The van der Waals surface area contributed by atoms with Gasteiger partial charge in [0.05, 0.1) is 22.9 Å². The molecule has 2 rings (SSSR count). The number of nitrogens with two attached hydrogens (primary N) is 1. The molecule has 0 saturated heterocycles. The van der Waals surface area contributed by atoms with E-state index in [0.29, 0.717) is 5.82 Å². The van der Waals surface area contributed by atoms with E-state index in [1.165, 1.54) is 12.1 Å². The summed E-state index contributed by atoms with van der Waals surface area (Å²) >= 11 is 0. The predicted molar refractivity (Wildman–Crippen MR) is 67.9 cm³/mol. The molecule has 0 aliphatic heterocycles. The fourth-order valence-corrected chi connectivity index (χ4v) is 1.65. The van der Waals surface area contributed by atoms with Gasteiger partial charge in [0.15, 0.2) is 0 Å². The number of benzene rings is 1. The van der Waals surface area contributed by atoms with Crippen molar-refractivity contribution >= 4 is 5.69 Å². The zero-order valence-corrected chi connectivity index (χ0v) is 9.96. The number of nitro benzene ring substituents is 1. The highest BCUT2D eigenvalue weighted by atomic mass is 16.6. The molecule has 3 N–H and O–H groups in total. The van der Waals surface area contributed by atoms with Gasteiger partial charge in [-0.1, -0.05) is 19.1 Å². The van der Waals surface area contributed by atoms with Gasteiger partial charge < -0.3 is 10.7 Å². The van der Waals surface area contributed by atoms with Crippen LogP contribution in [0.5, 0.6) is 0 Å². The minimum Gasteiger partial charge on any atom is -0.341 e. The lowest BCUT2D eigenvalue weighted by Gasteiger charge is -2.03. The molecule has 0 amide bonds. The summed E-state index contributed by atoms with van der Waals surface area (Å²) in [5, 5.41) is 10.7. The van der Waals surface area contributed by atoms with Gasteiger partial charge >= 0.3 is 0 Å². The fourth-order valence-electron chi connectivity index (χ4n) is 1.65. The number of hydrogen-bond donors (Lipinski definition) is 2. The lowest BCUT2D eigenvalue weighted by molar-refractivity contribution is -0.384. The molecule has 1 aromatic heterocycles. The zero-order chi connectivity index (χ0) is 13.1. The van der Waals surface area contributed by atoms with E-state index in [4.69, 9.17) is 5.73 Å². The molecule has 0 saturated carbocycles. The van der Waals surface area contributed by atoms with Crippen LogP contribution >= 0.6 is 0 Å². The standard InChI is InChI=1S/C12H14N4O2/c1-2-10(13)12-14-7-11(15-12)8-4-3-5-9(6-8)16(17)18/h3-7,10H,2,13H2,1H3,(H,14,15). The molecular formula is C12H14N4O2. The Morgan fingerprint density at radius 3 is 3.00 bits per heavy atom. The summed E-state index contributed by atoms with van der Waals surface area (Å²) in [4.78, 5) is 17.6. The van der Waals surface area contributed by atoms with Crippen LogP contribution in [-0.4, -0.2) is 14.9 Å². The average Bonchev–Trinajstić information content (AvgIpc) is 2.87. The van der Waals surface area contributed by atoms with E-state index in [2.05, 4.69) is 9.97 Å². The van der Waals surface area contributed by atoms with E-state index in [-0.39, 0.29) is 11.7 Å². The maximum absolute atomic E-state index is 10.7. The van der Waals surface area contributed by atoms with Crippen LogP contribution in [0.2, 0.25) is 0 Å². The van der Waals surface area contributed by atoms with Gasteiger partial charge in [0, 0.05) is 17.7 Å². The first kappa shape index (κ1) is 12.3. The lowest BCUT2D eigenvalue weighted by atomic mass is 10.1. The Balaban J connectivity index is 2.34. The van der Waals surface area contributed by atoms with Crippen LogP contribution in [0.15, 0.2) is 30.5 Å². The number of hydrogen-bond acceptors (Lipinski definition) is 4. The van der Waals surface area contributed by atoms with Crippen LogP contribution in [-0.2, 0) is 0 Å². The molecule has 6 heteroatoms. The van der Waals surface area contributed by atoms with E-state index in [0.717, 1.165) is 17.7 Å². The van der Waals surface area contributed by atoms with Crippen LogP contribution in [0.3, 0.4) is 0 Å². The highest BCUT2D eigenvalue weighted by molar-refractivity contribution is 5.62. The van der Waals surface area contributed by atoms with Crippen LogP contribution in [0.1, 0.15) is 25.2 Å². The monoisotopic (exact) mass is 246 g/mol. The van der Waals surface area contributed by atoms with Crippen LogP contribution < -0.4 is 5.73 Å². The Kier molecular flexibility index (Phi) is 3.38. The Hall–Kier alpha value is -2.21. The third kappa shape index (κ3) is 2.38. The molecule has 1 atom stereocenters. The van der Waals surface area contributed by atoms with Crippen molar-refractivity contribution in [2.75, 3.05) is 0 Å². The van der Waals surface area contributed by atoms with Gasteiger partial charge in [-0.2, -0.15) is 0 Å². The Labute approximate surface area is 104 Å². The molecule has 1 heterocycles. The number of nitrogens with one attached hydrogen (secondary N) is 1. The normalized spacial score (nSPS) is 12.3. The van der Waals surface area contributed by atoms with E-state index in [9.17, 15) is 10.1 Å². The number of non-ortho nitro benzene ring substituents is 1. The number of H-pyrrole nitrogens is 1. The molecule has 0 bridgehead atoms. The first-order valence-electron chi connectivity index (χ1n) is 5.67. The minimum absolute atomic E-state index is 0.0587. The van der Waals surface area contributed by atoms with Crippen molar-refractivity contribution in [1.82, 2.24) is 9.97 Å². The molecule has 94 valence electrons. The van der Waals surface area contributed by atoms with E-state index in [1.807, 2.05) is 6.92 Å². The van der Waals surface area contributed by atoms with Crippen molar-refractivity contribution in [1.29, 1.82) is 0 Å². The van der Waals surface area contributed by atoms with Crippen molar-refractivity contribution in [3.63, 3.8) is 0 Å². The number of aromatic nitrogens is 2. The lowest BCUT2D eigenvalue weighted by Crippen LogP contribution is -2.10. The van der Waals surface area contributed by atoms with Crippen LogP contribution in [0.4, 0.5) is 5.69 Å². The number of aromatic amines is 1. The van der Waals surface area contributed by atoms with E-state index >= 15 is 0 Å². The number of nitrogens with zero attached hydrogens (tertiary/aromatic N) is 2. The Bertz CT molecular complexity index is 565. The van der Waals surface area contributed by atoms with Gasteiger partial charge in [-0.3, -0.25) is 10.1 Å². The summed E-state index contributed by atoms with van der Waals surface area (Å²) in [5.41, 5.74) is 7.38. The van der Waals surface area contributed by atoms with Crippen LogP contribution in [0, 0.1) is 10.1 Å². The molecular weight excluding hydrogens is 232 g/mol. The quantitative estimate of drug-likeness (QED) is 0.639. The maximum atomic E-state index is 10.7. The highest BCUT2D eigenvalue weighted by Gasteiger charge is 2.11. The van der Waals surface area contributed by atoms with Gasteiger partial charge in [-0.15, -0.1) is 0 Å². The first-order chi connectivity index (χ1) is 8.61. The minimum atomic E-state index is -0.418. The van der Waals surface area contributed by atoms with Crippen molar-refractivity contribution in [2.24, 2.45) is 5.73 Å². The first-order valence-corrected chi connectivity index (χ1v) is 5.67. The maximum Gasteiger partial charge on any atom is 0.270 e. The van der Waals surface area contributed by atoms with Crippen LogP contribution in [0.25, 0.3) is 11.3 Å². The molecule has 0 fully saturated rings. The Morgan fingerprint density at radius 1 is 1.56 bits per heavy atom. The van der Waals surface area contributed by atoms with Crippen molar-refractivity contribution < 1.29 is 4.92 Å². The molecule has 0 radical (unpaired) electrons. The third-order valence-corrected chi connectivity index (χ3v) is 2.75. The number of rotatable bonds is 4. The third-order valence-electron chi connectivity index (χ3n) is 2.75. The highest BCUT2D eigenvalue weighted by Crippen LogP contribution is 2.23. The molecule has 1 unspecified atom stereocenters. The smallest absolute Gasteiger partial charge is 0.270 e. The molecule has 0 spiro atoms. The van der Waals surface area contributed by atoms with E-state index < -0.39 is 4.92 Å². The number of nitro groups is 1. The topological polar surface area (TPSA) is 97.8 Å². The van der Waals surface area contributed by atoms with E-state index in [1.54, 1.807) is 18.3 Å².